The third kappa shape index (κ3) is 2.88. The summed E-state index contributed by atoms with van der Waals surface area (Å²) in [6.45, 7) is 7.03. The van der Waals surface area contributed by atoms with Gasteiger partial charge in [0.05, 0.1) is 22.1 Å². The van der Waals surface area contributed by atoms with Crippen molar-refractivity contribution in [3.05, 3.63) is 69.8 Å². The minimum absolute atomic E-state index is 0.150. The van der Waals surface area contributed by atoms with Crippen molar-refractivity contribution < 1.29 is 0 Å². The van der Waals surface area contributed by atoms with Gasteiger partial charge in [-0.3, -0.25) is 4.98 Å². The average Bonchev–Trinajstić information content (AvgIpc) is 3.16. The summed E-state index contributed by atoms with van der Waals surface area (Å²) in [7, 11) is 4.38. The fraction of sp³-hybridized carbons (Fsp3) is 0.167. The largest absolute Gasteiger partial charge is 0.308 e. The quantitative estimate of drug-likeness (QED) is 0.116. The molecular weight excluding hydrogens is 537 g/mol. The highest BCUT2D eigenvalue weighted by atomic mass is 127. The Hall–Kier alpha value is -2.79. The zero-order valence-electron chi connectivity index (χ0n) is 20.8. The second-order valence-electron chi connectivity index (χ2n) is 11.2. The van der Waals surface area contributed by atoms with Crippen molar-refractivity contribution in [3.63, 3.8) is 0 Å². The molecule has 35 heavy (non-hydrogen) atoms. The maximum Gasteiger partial charge on any atom is 0.163 e. The van der Waals surface area contributed by atoms with Crippen molar-refractivity contribution in [3.8, 4) is 0 Å². The number of para-hydroxylation sites is 1. The Bertz CT molecular complexity index is 2000. The van der Waals surface area contributed by atoms with Crippen LogP contribution in [0.4, 0.5) is 0 Å². The molecule has 0 fully saturated rings. The maximum atomic E-state index is 5.28. The molecule has 0 amide bonds. The van der Waals surface area contributed by atoms with E-state index in [2.05, 4.69) is 124 Å². The van der Waals surface area contributed by atoms with Crippen molar-refractivity contribution in [2.75, 3.05) is 0 Å². The van der Waals surface area contributed by atoms with Gasteiger partial charge < -0.3 is 4.40 Å². The van der Waals surface area contributed by atoms with Crippen LogP contribution in [0.15, 0.2) is 60.7 Å². The summed E-state index contributed by atoms with van der Waals surface area (Å²) in [6, 6.07) is 22.6. The summed E-state index contributed by atoms with van der Waals surface area (Å²) in [5, 5.41) is 9.18. The number of hydrogen-bond donors (Lipinski definition) is 0. The van der Waals surface area contributed by atoms with Gasteiger partial charge in [0, 0.05) is 25.1 Å². The monoisotopic (exact) mass is 562 g/mol. The van der Waals surface area contributed by atoms with Crippen molar-refractivity contribution in [1.82, 2.24) is 9.38 Å². The van der Waals surface area contributed by atoms with Gasteiger partial charge in [-0.2, -0.15) is 0 Å². The lowest BCUT2D eigenvalue weighted by Crippen LogP contribution is -2.30. The molecule has 3 aromatic heterocycles. The van der Waals surface area contributed by atoms with E-state index in [9.17, 15) is 0 Å². The topological polar surface area (TPSA) is 17.3 Å². The second-order valence-corrected chi connectivity index (χ2v) is 12.4. The summed E-state index contributed by atoms with van der Waals surface area (Å²) in [6.07, 6.45) is 0.998. The first-order valence-corrected chi connectivity index (χ1v) is 13.4. The molecule has 0 saturated carbocycles. The summed E-state index contributed by atoms with van der Waals surface area (Å²) in [5.74, 6) is 0. The van der Waals surface area contributed by atoms with Gasteiger partial charge in [0.2, 0.25) is 0 Å². The van der Waals surface area contributed by atoms with E-state index in [0.29, 0.717) is 0 Å². The lowest BCUT2D eigenvalue weighted by molar-refractivity contribution is 0.413. The summed E-state index contributed by atoms with van der Waals surface area (Å²) < 4.78 is 3.88. The molecule has 0 aliphatic heterocycles. The van der Waals surface area contributed by atoms with Crippen LogP contribution < -0.4 is 11.1 Å². The van der Waals surface area contributed by atoms with E-state index in [-0.39, 0.29) is 5.41 Å². The smallest absolute Gasteiger partial charge is 0.163 e. The first kappa shape index (κ1) is 21.5. The minimum Gasteiger partial charge on any atom is -0.308 e. The van der Waals surface area contributed by atoms with E-state index >= 15 is 0 Å². The summed E-state index contributed by atoms with van der Waals surface area (Å²) in [4.78, 5) is 5.28. The normalized spacial score (nSPS) is 12.9. The highest BCUT2D eigenvalue weighted by Gasteiger charge is 2.25. The first-order chi connectivity index (χ1) is 16.7. The van der Waals surface area contributed by atoms with Crippen LogP contribution in [-0.2, 0) is 6.42 Å². The van der Waals surface area contributed by atoms with Crippen LogP contribution in [0.2, 0.25) is 0 Å². The molecule has 4 aromatic carbocycles. The molecule has 0 aliphatic carbocycles. The number of fused-ring (bicyclic) bond motifs is 7. The number of rotatable bonds is 1. The molecule has 7 aromatic rings. The third-order valence-electron chi connectivity index (χ3n) is 7.67. The lowest BCUT2D eigenvalue weighted by atomic mass is 9.80. The summed E-state index contributed by atoms with van der Waals surface area (Å²) in [5.41, 5.74) is 9.01. The van der Waals surface area contributed by atoms with Crippen LogP contribution in [0.5, 0.6) is 0 Å². The number of nitrogens with zero attached hydrogens (tertiary/aromatic N) is 2. The molecule has 0 atom stereocenters. The zero-order chi connectivity index (χ0) is 24.2. The van der Waals surface area contributed by atoms with E-state index < -0.39 is 0 Å². The summed E-state index contributed by atoms with van der Waals surface area (Å²) >= 11 is 2.54. The molecular formula is C30H25B2IN2. The Balaban J connectivity index is 1.93. The number of pyridine rings is 2. The number of aromatic nitrogens is 2. The standard InChI is InChI=1S/C30H25B2IN2/c1-30(2,3)14-20-16-9-5-4-8-15(16)12-19-26-24-18(25(31)29(32)34-26)13-21(33)23-17-10-6-7-11-22(17)35(27(19)20)28(23)24/h4-13H,14,31-32H2,1-3H3. The van der Waals surface area contributed by atoms with E-state index in [1.165, 1.54) is 68.9 Å². The fourth-order valence-electron chi connectivity index (χ4n) is 6.14. The first-order valence-electron chi connectivity index (χ1n) is 12.3. The zero-order valence-corrected chi connectivity index (χ0v) is 22.9. The molecule has 0 N–H and O–H groups in total. The lowest BCUT2D eigenvalue weighted by Gasteiger charge is -2.24. The van der Waals surface area contributed by atoms with Gasteiger partial charge in [0.25, 0.3) is 0 Å². The van der Waals surface area contributed by atoms with Crippen LogP contribution >= 0.6 is 22.6 Å². The van der Waals surface area contributed by atoms with Crippen molar-refractivity contribution >= 4 is 109 Å². The fourth-order valence-corrected chi connectivity index (χ4v) is 7.00. The molecule has 5 heteroatoms. The van der Waals surface area contributed by atoms with Gasteiger partial charge in [-0.05, 0) is 79.9 Å². The van der Waals surface area contributed by atoms with Gasteiger partial charge in [0.1, 0.15) is 7.85 Å². The predicted octanol–water partition coefficient (Wildman–Crippen LogP) is 5.25. The molecule has 7 rings (SSSR count). The molecule has 168 valence electrons. The molecule has 2 nitrogen and oxygen atoms in total. The molecule has 0 unspecified atom stereocenters. The highest BCUT2D eigenvalue weighted by Crippen LogP contribution is 2.44. The number of hydrogen-bond acceptors (Lipinski definition) is 1. The van der Waals surface area contributed by atoms with Crippen LogP contribution in [0.3, 0.4) is 0 Å². The van der Waals surface area contributed by atoms with Gasteiger partial charge in [-0.1, -0.05) is 68.7 Å². The van der Waals surface area contributed by atoms with Crippen molar-refractivity contribution in [2.45, 2.75) is 27.2 Å². The van der Waals surface area contributed by atoms with Crippen LogP contribution in [0, 0.1) is 8.99 Å². The minimum atomic E-state index is 0.150. The average molecular weight is 562 g/mol. The van der Waals surface area contributed by atoms with E-state index in [1.54, 1.807) is 0 Å². The maximum absolute atomic E-state index is 5.28. The Morgan fingerprint density at radius 3 is 2.31 bits per heavy atom. The predicted molar refractivity (Wildman–Crippen MR) is 166 cm³/mol. The van der Waals surface area contributed by atoms with E-state index in [1.807, 2.05) is 0 Å². The molecule has 0 bridgehead atoms. The number of halogens is 1. The molecule has 0 aliphatic rings. The van der Waals surface area contributed by atoms with Gasteiger partial charge >= 0.3 is 0 Å². The molecule has 0 spiro atoms. The Kier molecular flexibility index (Phi) is 4.38. The van der Waals surface area contributed by atoms with Crippen LogP contribution in [0.25, 0.3) is 59.8 Å². The van der Waals surface area contributed by atoms with Crippen LogP contribution in [0.1, 0.15) is 26.3 Å². The number of benzene rings is 4. The SMILES string of the molecule is Bc1nc2c3cc4ccccc4c(CC(C)(C)C)c3n3c4ccccc4c4c(I)cc(c1B)c2c43. The Morgan fingerprint density at radius 2 is 1.54 bits per heavy atom. The Labute approximate surface area is 220 Å². The van der Waals surface area contributed by atoms with Gasteiger partial charge in [-0.15, -0.1) is 0 Å². The Morgan fingerprint density at radius 1 is 0.829 bits per heavy atom. The van der Waals surface area contributed by atoms with E-state index in [4.69, 9.17) is 4.98 Å². The van der Waals surface area contributed by atoms with Gasteiger partial charge in [-0.25, -0.2) is 0 Å². The van der Waals surface area contributed by atoms with Crippen LogP contribution in [-0.4, -0.2) is 25.1 Å². The highest BCUT2D eigenvalue weighted by molar-refractivity contribution is 14.1. The molecule has 0 saturated heterocycles. The third-order valence-corrected chi connectivity index (χ3v) is 8.52. The second kappa shape index (κ2) is 7.13. The molecule has 3 heterocycles. The van der Waals surface area contributed by atoms with Crippen molar-refractivity contribution in [2.24, 2.45) is 5.41 Å². The van der Waals surface area contributed by atoms with Gasteiger partial charge in [0.15, 0.2) is 7.85 Å². The van der Waals surface area contributed by atoms with Crippen molar-refractivity contribution in [1.29, 1.82) is 0 Å². The van der Waals surface area contributed by atoms with E-state index in [0.717, 1.165) is 17.5 Å². The molecule has 0 radical (unpaired) electrons.